The largest absolute Gasteiger partial charge is 0.309 e. The molecule has 0 N–H and O–H groups in total. The summed E-state index contributed by atoms with van der Waals surface area (Å²) in [6.45, 7) is 6.64. The number of fused-ring (bicyclic) bond motifs is 9. The third-order valence-corrected chi connectivity index (χ3v) is 11.1. The number of pyridine rings is 1. The van der Waals surface area contributed by atoms with E-state index in [2.05, 4.69) is 151 Å². The first-order chi connectivity index (χ1) is 23.5. The van der Waals surface area contributed by atoms with Gasteiger partial charge in [0.2, 0.25) is 0 Å². The van der Waals surface area contributed by atoms with E-state index in [1.54, 1.807) is 11.3 Å². The third-order valence-electron chi connectivity index (χ3n) is 10.0. The van der Waals surface area contributed by atoms with E-state index in [1.165, 1.54) is 91.9 Å². The van der Waals surface area contributed by atoms with Crippen LogP contribution in [0, 0.1) is 20.8 Å². The normalized spacial score (nSPS) is 12.1. The summed E-state index contributed by atoms with van der Waals surface area (Å²) in [5.74, 6) is 0. The smallest absolute Gasteiger partial charge is 0.0889 e. The van der Waals surface area contributed by atoms with Gasteiger partial charge in [-0.2, -0.15) is 0 Å². The molecule has 0 amide bonds. The van der Waals surface area contributed by atoms with E-state index in [9.17, 15) is 0 Å². The number of para-hydroxylation sites is 2. The van der Waals surface area contributed by atoms with Crippen molar-refractivity contribution in [2.45, 2.75) is 20.8 Å². The van der Waals surface area contributed by atoms with E-state index in [0.29, 0.717) is 0 Å². The van der Waals surface area contributed by atoms with Crippen molar-refractivity contribution < 1.29 is 0 Å². The van der Waals surface area contributed by atoms with Crippen LogP contribution in [0.5, 0.6) is 0 Å². The van der Waals surface area contributed by atoms with Crippen molar-refractivity contribution in [2.75, 3.05) is 0 Å². The second-order valence-corrected chi connectivity index (χ2v) is 14.1. The van der Waals surface area contributed by atoms with Gasteiger partial charge >= 0.3 is 0 Å². The number of thiophene rings is 1. The molecular weight excluding hydrogens is 603 g/mol. The van der Waals surface area contributed by atoms with Crippen LogP contribution in [-0.2, 0) is 0 Å². The Morgan fingerprint density at radius 3 is 1.77 bits per heavy atom. The van der Waals surface area contributed by atoms with Crippen molar-refractivity contribution >= 4 is 75.3 Å². The minimum Gasteiger partial charge on any atom is -0.309 e. The van der Waals surface area contributed by atoms with Gasteiger partial charge in [0, 0.05) is 43.5 Å². The lowest BCUT2D eigenvalue weighted by Crippen LogP contribution is -2.00. The minimum atomic E-state index is 1.08. The number of rotatable bonds is 3. The summed E-state index contributed by atoms with van der Waals surface area (Å²) in [6, 6.07) is 47.1. The van der Waals surface area contributed by atoms with Crippen LogP contribution in [0.3, 0.4) is 0 Å². The van der Waals surface area contributed by atoms with E-state index in [0.717, 1.165) is 11.2 Å². The molecule has 3 nitrogen and oxygen atoms in total. The highest BCUT2D eigenvalue weighted by atomic mass is 32.1. The molecule has 0 aliphatic heterocycles. The molecule has 10 aromatic rings. The average molecular weight is 634 g/mol. The zero-order valence-corrected chi connectivity index (χ0v) is 27.8. The molecule has 0 aliphatic carbocycles. The second-order valence-electron chi connectivity index (χ2n) is 13.0. The Morgan fingerprint density at radius 1 is 0.479 bits per heavy atom. The molecule has 48 heavy (non-hydrogen) atoms. The molecule has 0 bridgehead atoms. The molecule has 0 fully saturated rings. The third kappa shape index (κ3) is 3.90. The standard InChI is InChI=1S/C44H31N3S/c1-26-21-27(2)44(28(3)22-26)47-38-12-7-5-10-33(38)35-24-30(15-18-40(35)47)29-14-17-39-34(23-29)32-9-4-6-11-37(32)46(39)31-16-19-41-36(25-31)43-42(48-41)13-8-20-45-43/h4-25H,1-3H3. The fourth-order valence-electron chi connectivity index (χ4n) is 8.07. The van der Waals surface area contributed by atoms with Crippen molar-refractivity contribution in [3.8, 4) is 22.5 Å². The van der Waals surface area contributed by atoms with Crippen LogP contribution in [0.25, 0.3) is 86.4 Å². The lowest BCUT2D eigenvalue weighted by molar-refractivity contribution is 1.11. The van der Waals surface area contributed by atoms with Gasteiger partial charge in [0.1, 0.15) is 0 Å². The maximum atomic E-state index is 4.73. The van der Waals surface area contributed by atoms with Crippen molar-refractivity contribution in [2.24, 2.45) is 0 Å². The molecule has 0 radical (unpaired) electrons. The first kappa shape index (κ1) is 27.4. The van der Waals surface area contributed by atoms with E-state index in [4.69, 9.17) is 4.98 Å². The van der Waals surface area contributed by atoms with E-state index in [-0.39, 0.29) is 0 Å². The maximum Gasteiger partial charge on any atom is 0.0889 e. The lowest BCUT2D eigenvalue weighted by Gasteiger charge is -2.15. The van der Waals surface area contributed by atoms with Crippen molar-refractivity contribution in [1.82, 2.24) is 14.1 Å². The number of benzene rings is 6. The van der Waals surface area contributed by atoms with Crippen LogP contribution >= 0.6 is 11.3 Å². The number of aromatic nitrogens is 3. The van der Waals surface area contributed by atoms with Crippen LogP contribution < -0.4 is 0 Å². The first-order valence-electron chi connectivity index (χ1n) is 16.5. The van der Waals surface area contributed by atoms with Gasteiger partial charge in [0.15, 0.2) is 0 Å². The van der Waals surface area contributed by atoms with E-state index < -0.39 is 0 Å². The SMILES string of the molecule is Cc1cc(C)c(-n2c3ccccc3c3cc(-c4ccc5c(c4)c4ccccc4n5-c4ccc5sc6cccnc6c5c4)ccc32)c(C)c1. The van der Waals surface area contributed by atoms with Crippen molar-refractivity contribution in [3.05, 3.63) is 150 Å². The molecule has 0 spiro atoms. The predicted octanol–water partition coefficient (Wildman–Crippen LogP) is 12.2. The highest BCUT2D eigenvalue weighted by Crippen LogP contribution is 2.40. The Morgan fingerprint density at radius 2 is 1.08 bits per heavy atom. The lowest BCUT2D eigenvalue weighted by atomic mass is 10.0. The number of aryl methyl sites for hydroxylation is 3. The molecule has 4 heteroatoms. The molecule has 10 rings (SSSR count). The number of nitrogens with zero attached hydrogens (tertiary/aromatic N) is 3. The van der Waals surface area contributed by atoms with Crippen LogP contribution in [0.15, 0.2) is 134 Å². The Hall–Kier alpha value is -5.71. The van der Waals surface area contributed by atoms with Gasteiger partial charge in [0.05, 0.1) is 38.0 Å². The van der Waals surface area contributed by atoms with Gasteiger partial charge in [-0.1, -0.05) is 66.2 Å². The summed E-state index contributed by atoms with van der Waals surface area (Å²) < 4.78 is 7.35. The van der Waals surface area contributed by atoms with Gasteiger partial charge in [0.25, 0.3) is 0 Å². The highest BCUT2D eigenvalue weighted by molar-refractivity contribution is 7.25. The summed E-state index contributed by atoms with van der Waals surface area (Å²) in [6.07, 6.45) is 1.89. The van der Waals surface area contributed by atoms with Crippen LogP contribution in [-0.4, -0.2) is 14.1 Å². The topological polar surface area (TPSA) is 22.8 Å². The minimum absolute atomic E-state index is 1.08. The van der Waals surface area contributed by atoms with Gasteiger partial charge in [-0.05, 0) is 110 Å². The summed E-state index contributed by atoms with van der Waals surface area (Å²) in [5.41, 5.74) is 14.7. The molecule has 0 atom stereocenters. The molecule has 0 saturated heterocycles. The predicted molar refractivity (Wildman–Crippen MR) is 205 cm³/mol. The molecular formula is C44H31N3S. The van der Waals surface area contributed by atoms with Crippen LogP contribution in [0.1, 0.15) is 16.7 Å². The molecule has 6 aromatic carbocycles. The Labute approximate surface area is 281 Å². The summed E-state index contributed by atoms with van der Waals surface area (Å²) in [7, 11) is 0. The van der Waals surface area contributed by atoms with Gasteiger partial charge in [-0.25, -0.2) is 0 Å². The van der Waals surface area contributed by atoms with Crippen LogP contribution in [0.2, 0.25) is 0 Å². The molecule has 228 valence electrons. The summed E-state index contributed by atoms with van der Waals surface area (Å²) in [5, 5.41) is 6.27. The molecule has 4 heterocycles. The quantitative estimate of drug-likeness (QED) is 0.190. The number of hydrogen-bond donors (Lipinski definition) is 0. The Kier molecular flexibility index (Phi) is 5.79. The van der Waals surface area contributed by atoms with E-state index in [1.807, 2.05) is 12.3 Å². The fourth-order valence-corrected chi connectivity index (χ4v) is 9.12. The van der Waals surface area contributed by atoms with E-state index >= 15 is 0 Å². The molecule has 0 unspecified atom stereocenters. The molecule has 4 aromatic heterocycles. The maximum absolute atomic E-state index is 4.73. The van der Waals surface area contributed by atoms with Crippen LogP contribution in [0.4, 0.5) is 0 Å². The Bertz CT molecular complexity index is 2910. The molecule has 0 aliphatic rings. The monoisotopic (exact) mass is 633 g/mol. The first-order valence-corrected chi connectivity index (χ1v) is 17.3. The highest BCUT2D eigenvalue weighted by Gasteiger charge is 2.18. The summed E-state index contributed by atoms with van der Waals surface area (Å²) >= 11 is 1.80. The fraction of sp³-hybridized carbons (Fsp3) is 0.0682. The van der Waals surface area contributed by atoms with Gasteiger partial charge in [-0.15, -0.1) is 11.3 Å². The van der Waals surface area contributed by atoms with Crippen molar-refractivity contribution in [3.63, 3.8) is 0 Å². The molecule has 0 saturated carbocycles. The zero-order valence-electron chi connectivity index (χ0n) is 27.0. The average Bonchev–Trinajstić information content (AvgIpc) is 3.75. The Balaban J connectivity index is 1.17. The zero-order chi connectivity index (χ0) is 32.1. The van der Waals surface area contributed by atoms with Gasteiger partial charge < -0.3 is 9.13 Å². The second kappa shape index (κ2) is 10.1. The van der Waals surface area contributed by atoms with Gasteiger partial charge in [-0.3, -0.25) is 4.98 Å². The van der Waals surface area contributed by atoms with Crippen molar-refractivity contribution in [1.29, 1.82) is 0 Å². The number of hydrogen-bond acceptors (Lipinski definition) is 2. The summed E-state index contributed by atoms with van der Waals surface area (Å²) in [4.78, 5) is 4.73.